The van der Waals surface area contributed by atoms with Crippen molar-refractivity contribution < 1.29 is 35.2 Å². The monoisotopic (exact) mass is 581 g/mol. The molecule has 0 atom stereocenters. The van der Waals surface area contributed by atoms with Crippen LogP contribution in [0, 0.1) is 6.92 Å². The van der Waals surface area contributed by atoms with Gasteiger partial charge in [0.05, 0.1) is 14.0 Å². The van der Waals surface area contributed by atoms with Gasteiger partial charge in [0.1, 0.15) is 5.69 Å². The van der Waals surface area contributed by atoms with Gasteiger partial charge in [0.15, 0.2) is 11.6 Å². The number of benzene rings is 1. The van der Waals surface area contributed by atoms with Crippen LogP contribution in [-0.2, 0) is 16.4 Å². The van der Waals surface area contributed by atoms with Crippen LogP contribution in [-0.4, -0.2) is 41.6 Å². The van der Waals surface area contributed by atoms with Gasteiger partial charge in [0.2, 0.25) is 0 Å². The smallest absolute Gasteiger partial charge is 0.293 e. The highest BCUT2D eigenvalue weighted by molar-refractivity contribution is 8.01. The van der Waals surface area contributed by atoms with Crippen molar-refractivity contribution in [2.45, 2.75) is 60.2 Å². The predicted octanol–water partition coefficient (Wildman–Crippen LogP) is 5.43. The molecule has 1 aromatic rings. The Bertz CT molecular complexity index is 1460. The number of aromatic nitrogens is 2. The van der Waals surface area contributed by atoms with Gasteiger partial charge < -0.3 is 0 Å². The summed E-state index contributed by atoms with van der Waals surface area (Å²) in [6.45, 7) is 1.77. The second-order valence-corrected chi connectivity index (χ2v) is 12.5. The minimum atomic E-state index is -5.67. The quantitative estimate of drug-likeness (QED) is 0.217. The van der Waals surface area contributed by atoms with Crippen molar-refractivity contribution in [1.82, 2.24) is 9.55 Å². The topological polar surface area (TPSA) is 98.1 Å². The van der Waals surface area contributed by atoms with E-state index in [2.05, 4.69) is 9.71 Å². The van der Waals surface area contributed by atoms with Crippen LogP contribution in [0.1, 0.15) is 46.6 Å². The zero-order valence-corrected chi connectivity index (χ0v) is 21.6. The lowest BCUT2D eigenvalue weighted by atomic mass is 10.0. The SMILES string of the molecule is Cc1ccc(S(=O)(=O)Nc2nc(=O)n3c4c(sc(SCCCC(F)(F)C(F)(F)F)c2-3)C(=O)CCC4)cc1. The molecule has 2 aliphatic heterocycles. The van der Waals surface area contributed by atoms with Crippen molar-refractivity contribution in [1.29, 1.82) is 0 Å². The van der Waals surface area contributed by atoms with Crippen LogP contribution in [0.5, 0.6) is 0 Å². The number of anilines is 1. The molecule has 200 valence electrons. The normalized spacial score (nSPS) is 14.7. The molecule has 37 heavy (non-hydrogen) atoms. The highest BCUT2D eigenvalue weighted by Gasteiger charge is 2.56. The average Bonchev–Trinajstić information content (AvgIpc) is 3.12. The molecule has 7 nitrogen and oxygen atoms in total. The Morgan fingerprint density at radius 1 is 1.11 bits per heavy atom. The van der Waals surface area contributed by atoms with E-state index >= 15 is 0 Å². The number of thioether (sulfide) groups is 1. The molecule has 3 aliphatic rings. The molecule has 1 aliphatic carbocycles. The maximum Gasteiger partial charge on any atom is 0.453 e. The Labute approximate surface area is 216 Å². The lowest BCUT2D eigenvalue weighted by Gasteiger charge is -2.22. The van der Waals surface area contributed by atoms with E-state index in [4.69, 9.17) is 0 Å². The third-order valence-electron chi connectivity index (χ3n) is 5.68. The highest BCUT2D eigenvalue weighted by Crippen LogP contribution is 2.43. The number of hydrogen-bond donors (Lipinski definition) is 1. The molecule has 0 radical (unpaired) electrons. The Morgan fingerprint density at radius 3 is 2.43 bits per heavy atom. The summed E-state index contributed by atoms with van der Waals surface area (Å²) in [5, 5.41) is 0. The molecular weight excluding hydrogens is 561 g/mol. The van der Waals surface area contributed by atoms with Gasteiger partial charge in [-0.2, -0.15) is 26.9 Å². The second kappa shape index (κ2) is 9.98. The first-order valence-corrected chi connectivity index (χ1v) is 14.3. The number of imidazole rings is 1. The van der Waals surface area contributed by atoms with E-state index in [1.807, 2.05) is 0 Å². The van der Waals surface area contributed by atoms with Gasteiger partial charge >= 0.3 is 17.8 Å². The largest absolute Gasteiger partial charge is 0.453 e. The molecule has 0 amide bonds. The second-order valence-electron chi connectivity index (χ2n) is 8.44. The Hall–Kier alpha value is -2.52. The molecule has 0 saturated carbocycles. The van der Waals surface area contributed by atoms with Crippen molar-refractivity contribution >= 4 is 44.7 Å². The van der Waals surface area contributed by atoms with Crippen molar-refractivity contribution in [2.24, 2.45) is 0 Å². The highest BCUT2D eigenvalue weighted by atomic mass is 32.2. The number of alkyl halides is 5. The van der Waals surface area contributed by atoms with E-state index in [0.717, 1.165) is 33.2 Å². The number of ketones is 1. The first kappa shape index (κ1) is 27.5. The molecule has 0 bridgehead atoms. The standard InChI is InChI=1S/C22H20F5N3O4S3/c1-12-6-8-13(9-7-12)37(33,34)29-18-16-19(35-11-3-10-21(23,24)22(25,26)27)36-17-14(4-2-5-15(17)31)30(16)20(32)28-18/h6-9H,2-5,10-11H2,1H3,(H,28,29,32). The number of Topliss-reactive ketones (excluding diaryl/α,β-unsaturated/α-hetero) is 1. The van der Waals surface area contributed by atoms with Gasteiger partial charge in [0.25, 0.3) is 10.0 Å². The van der Waals surface area contributed by atoms with Crippen LogP contribution in [0.3, 0.4) is 0 Å². The van der Waals surface area contributed by atoms with Crippen LogP contribution in [0.15, 0.2) is 38.2 Å². The van der Waals surface area contributed by atoms with Gasteiger partial charge in [-0.1, -0.05) is 17.7 Å². The van der Waals surface area contributed by atoms with Crippen molar-refractivity contribution in [3.8, 4) is 5.69 Å². The van der Waals surface area contributed by atoms with Crippen molar-refractivity contribution in [3.05, 3.63) is 50.9 Å². The van der Waals surface area contributed by atoms with Gasteiger partial charge in [-0.3, -0.25) is 14.1 Å². The molecule has 0 saturated heterocycles. The maximum atomic E-state index is 13.3. The summed E-state index contributed by atoms with van der Waals surface area (Å²) in [5.41, 5.74) is 0.385. The fourth-order valence-corrected chi connectivity index (χ4v) is 7.33. The number of sulfonamides is 1. The first-order chi connectivity index (χ1) is 17.2. The summed E-state index contributed by atoms with van der Waals surface area (Å²) >= 11 is 1.80. The fourth-order valence-electron chi connectivity index (χ4n) is 3.79. The third kappa shape index (κ3) is 5.53. The number of halogens is 5. The number of carbonyl (C=O) groups is 1. The number of nitrogens with zero attached hydrogens (tertiary/aromatic N) is 2. The number of hydrogen-bond acceptors (Lipinski definition) is 7. The summed E-state index contributed by atoms with van der Waals surface area (Å²) in [7, 11) is -4.18. The molecule has 0 unspecified atom stereocenters. The number of rotatable bonds is 8. The van der Waals surface area contributed by atoms with E-state index in [-0.39, 0.29) is 43.4 Å². The van der Waals surface area contributed by atoms with E-state index in [0.29, 0.717) is 18.5 Å². The van der Waals surface area contributed by atoms with Crippen LogP contribution in [0.2, 0.25) is 0 Å². The molecule has 2 heterocycles. The first-order valence-electron chi connectivity index (χ1n) is 11.0. The summed E-state index contributed by atoms with van der Waals surface area (Å²) < 4.78 is 93.7. The number of aryl methyl sites for hydroxylation is 1. The zero-order chi connectivity index (χ0) is 27.2. The minimum absolute atomic E-state index is 0.0340. The summed E-state index contributed by atoms with van der Waals surface area (Å²) in [6.07, 6.45) is -6.58. The molecule has 0 fully saturated rings. The van der Waals surface area contributed by atoms with Crippen LogP contribution < -0.4 is 10.4 Å². The summed E-state index contributed by atoms with van der Waals surface area (Å²) in [5.74, 6) is -5.61. The predicted molar refractivity (Wildman–Crippen MR) is 129 cm³/mol. The van der Waals surface area contributed by atoms with E-state index in [1.165, 1.54) is 12.1 Å². The summed E-state index contributed by atoms with van der Waals surface area (Å²) in [4.78, 5) is 29.4. The Kier molecular flexibility index (Phi) is 7.42. The van der Waals surface area contributed by atoms with Gasteiger partial charge in [0, 0.05) is 18.5 Å². The molecule has 4 rings (SSSR count). The lowest BCUT2D eigenvalue weighted by Crippen LogP contribution is -2.36. The number of fused-ring (bicyclic) bond motifs is 3. The third-order valence-corrected chi connectivity index (χ3v) is 9.64. The van der Waals surface area contributed by atoms with Gasteiger partial charge in [-0.25, -0.2) is 13.2 Å². The van der Waals surface area contributed by atoms with Crippen molar-refractivity contribution in [2.75, 3.05) is 10.5 Å². The molecule has 0 aromatic heterocycles. The molecule has 0 spiro atoms. The van der Waals surface area contributed by atoms with Crippen LogP contribution >= 0.6 is 23.1 Å². The molecule has 1 aromatic carbocycles. The van der Waals surface area contributed by atoms with Crippen molar-refractivity contribution in [3.63, 3.8) is 0 Å². The molecule has 15 heteroatoms. The van der Waals surface area contributed by atoms with E-state index < -0.39 is 40.7 Å². The van der Waals surface area contributed by atoms with Crippen LogP contribution in [0.25, 0.3) is 5.69 Å². The van der Waals surface area contributed by atoms with Crippen LogP contribution in [0.4, 0.5) is 27.8 Å². The average molecular weight is 582 g/mol. The van der Waals surface area contributed by atoms with Gasteiger partial charge in [-0.05, 0) is 44.1 Å². The molecular formula is C22H20F5N3O4S3. The Morgan fingerprint density at radius 2 is 1.78 bits per heavy atom. The van der Waals surface area contributed by atoms with Gasteiger partial charge in [-0.15, -0.1) is 23.1 Å². The van der Waals surface area contributed by atoms with E-state index in [9.17, 15) is 40.0 Å². The fraction of sp³-hybridized carbons (Fsp3) is 0.409. The maximum absolute atomic E-state index is 13.3. The summed E-state index contributed by atoms with van der Waals surface area (Å²) in [6, 6.07) is 5.91. The number of nitrogens with one attached hydrogen (secondary N) is 1. The molecule has 1 N–H and O–H groups in total. The minimum Gasteiger partial charge on any atom is -0.293 e. The number of carbonyl (C=O) groups excluding carboxylic acids is 1. The van der Waals surface area contributed by atoms with E-state index in [1.54, 1.807) is 19.1 Å². The Balaban J connectivity index is 1.71. The lowest BCUT2D eigenvalue weighted by molar-refractivity contribution is -0.284. The zero-order valence-electron chi connectivity index (χ0n) is 19.2.